The first-order valence-electron chi connectivity index (χ1n) is 17.3. The van der Waals surface area contributed by atoms with Gasteiger partial charge in [-0.25, -0.2) is 4.57 Å². The Labute approximate surface area is 370 Å². The molecule has 0 fully saturated rings. The molecule has 0 bridgehead atoms. The molecule has 0 unspecified atom stereocenters. The molecule has 0 radical (unpaired) electrons. The second-order valence-corrected chi connectivity index (χ2v) is 20.7. The van der Waals surface area contributed by atoms with Crippen molar-refractivity contribution in [2.75, 3.05) is 0 Å². The van der Waals surface area contributed by atoms with Crippen LogP contribution in [0, 0.1) is 0 Å². The first kappa shape index (κ1) is 46.2. The number of benzene rings is 8. The van der Waals surface area contributed by atoms with Crippen LogP contribution in [0.2, 0.25) is 0 Å². The van der Waals surface area contributed by atoms with Crippen molar-refractivity contribution in [2.45, 2.75) is 0 Å². The van der Waals surface area contributed by atoms with E-state index in [9.17, 15) is 0 Å². The van der Waals surface area contributed by atoms with Crippen LogP contribution < -0.4 is 32.3 Å². The molecule has 4 nitrogen and oxygen atoms in total. The number of rotatable bonds is 8. The Morgan fingerprint density at radius 1 is 0.228 bits per heavy atom. The molecule has 0 aliphatic heterocycles. The van der Waals surface area contributed by atoms with Crippen molar-refractivity contribution in [3.63, 3.8) is 0 Å². The SMILES string of the molecule is O=P(O)(O)O.c1cc[c]([Pd][c]2ccccc2)cc1.c1cc[c]([Pd][c]2ccccc2)cc1.c1cc[c]([Pd][c]2ccccc2)cc1.c1cc[c]([Pd][c]2ccccc2)cc1. The zero-order valence-electron chi connectivity index (χ0n) is 30.6. The molecule has 8 aromatic carbocycles. The Morgan fingerprint density at radius 3 is 0.404 bits per heavy atom. The van der Waals surface area contributed by atoms with Gasteiger partial charge in [-0.1, -0.05) is 0 Å². The predicted molar refractivity (Wildman–Crippen MR) is 223 cm³/mol. The zero-order chi connectivity index (χ0) is 40.2. The molecule has 8 rings (SSSR count). The minimum atomic E-state index is -4.64. The van der Waals surface area contributed by atoms with E-state index in [1.807, 2.05) is 0 Å². The van der Waals surface area contributed by atoms with E-state index in [0.29, 0.717) is 71.9 Å². The quantitative estimate of drug-likeness (QED) is 0.130. The molecular weight excluding hydrogens is 1100 g/mol. The summed E-state index contributed by atoms with van der Waals surface area (Å²) in [5.41, 5.74) is 0. The molecule has 8 aromatic rings. The summed E-state index contributed by atoms with van der Waals surface area (Å²) < 4.78 is 20.2. The minimum absolute atomic E-state index is 0.575. The van der Waals surface area contributed by atoms with Gasteiger partial charge in [0.15, 0.2) is 0 Å². The van der Waals surface area contributed by atoms with E-state index < -0.39 is 7.82 Å². The molecule has 0 amide bonds. The summed E-state index contributed by atoms with van der Waals surface area (Å²) in [5, 5.41) is 0. The third-order valence-electron chi connectivity index (χ3n) is 6.43. The van der Waals surface area contributed by atoms with Crippen LogP contribution in [0.15, 0.2) is 243 Å². The van der Waals surface area contributed by atoms with Gasteiger partial charge in [-0.05, 0) is 0 Å². The van der Waals surface area contributed by atoms with Crippen LogP contribution in [0.25, 0.3) is 0 Å². The first-order valence-corrected chi connectivity index (χ1v) is 25.1. The van der Waals surface area contributed by atoms with Gasteiger partial charge in [0.05, 0.1) is 0 Å². The van der Waals surface area contributed by atoms with Gasteiger partial charge in [0.2, 0.25) is 0 Å². The van der Waals surface area contributed by atoms with E-state index in [4.69, 9.17) is 19.2 Å². The van der Waals surface area contributed by atoms with Gasteiger partial charge in [0, 0.05) is 0 Å². The van der Waals surface area contributed by atoms with Crippen molar-refractivity contribution in [3.8, 4) is 0 Å². The Morgan fingerprint density at radius 2 is 0.316 bits per heavy atom. The first-order chi connectivity index (χ1) is 27.8. The van der Waals surface area contributed by atoms with Crippen LogP contribution in [0.3, 0.4) is 0 Å². The summed E-state index contributed by atoms with van der Waals surface area (Å²) in [6, 6.07) is 84.9. The summed E-state index contributed by atoms with van der Waals surface area (Å²) in [5.74, 6) is 0. The van der Waals surface area contributed by atoms with Crippen LogP contribution in [-0.4, -0.2) is 14.7 Å². The average molecular weight is 1140 g/mol. The predicted octanol–water partition coefficient (Wildman–Crippen LogP) is 5.95. The van der Waals surface area contributed by atoms with Gasteiger partial charge in [-0.15, -0.1) is 0 Å². The third kappa shape index (κ3) is 22.9. The monoisotopic (exact) mass is 1140 g/mol. The van der Waals surface area contributed by atoms with Gasteiger partial charge >= 0.3 is 355 Å². The fourth-order valence-corrected chi connectivity index (χ4v) is 10.6. The number of hydrogen-bond acceptors (Lipinski definition) is 1. The van der Waals surface area contributed by atoms with Crippen molar-refractivity contribution >= 4 is 40.1 Å². The summed E-state index contributed by atoms with van der Waals surface area (Å²) >= 11 is 2.30. The summed E-state index contributed by atoms with van der Waals surface area (Å²) in [7, 11) is -4.64. The molecule has 0 atom stereocenters. The molecule has 0 aromatic heterocycles. The second-order valence-electron chi connectivity index (χ2n) is 10.9. The van der Waals surface area contributed by atoms with Crippen LogP contribution in [-0.2, 0) is 76.5 Å². The van der Waals surface area contributed by atoms with Crippen molar-refractivity contribution < 1.29 is 91.2 Å². The maximum absolute atomic E-state index is 8.88. The van der Waals surface area contributed by atoms with Crippen molar-refractivity contribution in [1.29, 1.82) is 0 Å². The third-order valence-corrected chi connectivity index (χ3v) is 14.2. The molecule has 0 saturated heterocycles. The summed E-state index contributed by atoms with van der Waals surface area (Å²) in [6.07, 6.45) is 0. The Kier molecular flexibility index (Phi) is 22.7. The molecule has 0 heterocycles. The molecule has 0 aliphatic rings. The normalized spacial score (nSPS) is 10.3. The van der Waals surface area contributed by atoms with Gasteiger partial charge in [-0.2, -0.15) is 0 Å². The molecule has 0 spiro atoms. The molecule has 0 aliphatic carbocycles. The van der Waals surface area contributed by atoms with Gasteiger partial charge in [0.1, 0.15) is 0 Å². The number of phosphoric acid groups is 1. The standard InChI is InChI=1S/8C6H5.H3O4P.4Pd/c8*1-2-4-6-5-3-1;1-5(2,3)4;;;;/h8*1-5H;(H3,1,2,3,4);;;;. The van der Waals surface area contributed by atoms with Crippen molar-refractivity contribution in [3.05, 3.63) is 243 Å². The molecular formula is C48H43O4PPd4. The average Bonchev–Trinajstić information content (AvgIpc) is 3.24. The summed E-state index contributed by atoms with van der Waals surface area (Å²) in [6.45, 7) is 0. The Bertz CT molecular complexity index is 1750. The molecule has 0 saturated carbocycles. The number of hydrogen-bond donors (Lipinski definition) is 3. The fourth-order valence-electron chi connectivity index (χ4n) is 4.07. The summed E-state index contributed by atoms with van der Waals surface area (Å²) in [4.78, 5) is 21.6. The van der Waals surface area contributed by atoms with Gasteiger partial charge in [-0.3, -0.25) is 0 Å². The molecule has 57 heavy (non-hydrogen) atoms. The van der Waals surface area contributed by atoms with E-state index in [-0.39, 0.29) is 0 Å². The van der Waals surface area contributed by atoms with Crippen molar-refractivity contribution in [2.24, 2.45) is 0 Å². The second kappa shape index (κ2) is 28.0. The topological polar surface area (TPSA) is 77.8 Å². The van der Waals surface area contributed by atoms with Crippen LogP contribution in [0.4, 0.5) is 0 Å². The fraction of sp³-hybridized carbons (Fsp3) is 0. The Balaban J connectivity index is 0.000000162. The zero-order valence-corrected chi connectivity index (χ0v) is 37.7. The van der Waals surface area contributed by atoms with Crippen LogP contribution in [0.1, 0.15) is 0 Å². The maximum atomic E-state index is 8.88. The Hall–Kier alpha value is -3.48. The van der Waals surface area contributed by atoms with E-state index in [0.717, 1.165) is 0 Å². The van der Waals surface area contributed by atoms with Gasteiger partial charge in [0.25, 0.3) is 0 Å². The van der Waals surface area contributed by atoms with E-state index in [1.54, 1.807) is 0 Å². The van der Waals surface area contributed by atoms with Crippen molar-refractivity contribution in [1.82, 2.24) is 0 Å². The molecule has 3 N–H and O–H groups in total. The van der Waals surface area contributed by atoms with E-state index in [1.165, 1.54) is 32.3 Å². The van der Waals surface area contributed by atoms with E-state index in [2.05, 4.69) is 243 Å². The van der Waals surface area contributed by atoms with E-state index >= 15 is 0 Å². The van der Waals surface area contributed by atoms with Gasteiger partial charge < -0.3 is 14.7 Å². The molecule has 9 heteroatoms. The molecule has 304 valence electrons. The van der Waals surface area contributed by atoms with Crippen LogP contribution in [0.5, 0.6) is 0 Å². The van der Waals surface area contributed by atoms with Crippen LogP contribution >= 0.6 is 7.82 Å².